The molecule has 11 heavy (non-hydrogen) atoms. The molecule has 0 saturated heterocycles. The average molecular weight is 178 g/mol. The van der Waals surface area contributed by atoms with Crippen LogP contribution in [0, 0.1) is 5.92 Å². The van der Waals surface area contributed by atoms with Crippen molar-refractivity contribution in [2.24, 2.45) is 5.92 Å². The number of aliphatic hydroxyl groups is 1. The quantitative estimate of drug-likeness (QED) is 0.592. The van der Waals surface area contributed by atoms with Gasteiger partial charge in [-0.2, -0.15) is 0 Å². The molecule has 1 aliphatic carbocycles. The van der Waals surface area contributed by atoms with E-state index in [2.05, 4.69) is 0 Å². The van der Waals surface area contributed by atoms with Crippen LogP contribution in [0.15, 0.2) is 0 Å². The van der Waals surface area contributed by atoms with Gasteiger partial charge in [0.15, 0.2) is 0 Å². The number of aliphatic hydroxyl groups excluding tert-OH is 1. The van der Waals surface area contributed by atoms with Crippen molar-refractivity contribution in [3.8, 4) is 0 Å². The van der Waals surface area contributed by atoms with E-state index < -0.39 is 10.7 Å². The predicted octanol–water partition coefficient (Wildman–Crippen LogP) is 0.149. The van der Waals surface area contributed by atoms with Crippen molar-refractivity contribution in [1.82, 2.24) is 0 Å². The third-order valence-electron chi connectivity index (χ3n) is 2.22. The molecule has 3 nitrogen and oxygen atoms in total. The number of thiol groups is 1. The fraction of sp³-hybridized carbons (Fsp3) is 1.00. The average Bonchev–Trinajstić information content (AvgIpc) is 1.93. The first-order valence-electron chi connectivity index (χ1n) is 3.98. The van der Waals surface area contributed by atoms with Crippen LogP contribution < -0.4 is 0 Å². The maximum Gasteiger partial charge on any atom is 0.140 e. The van der Waals surface area contributed by atoms with E-state index in [0.29, 0.717) is 11.7 Å². The van der Waals surface area contributed by atoms with Crippen molar-refractivity contribution in [1.29, 1.82) is 0 Å². The number of hydrogen-bond acceptors (Lipinski definition) is 3. The van der Waals surface area contributed by atoms with E-state index >= 15 is 0 Å². The highest BCUT2D eigenvalue weighted by Gasteiger charge is 2.19. The van der Waals surface area contributed by atoms with Gasteiger partial charge in [0.2, 0.25) is 0 Å². The van der Waals surface area contributed by atoms with Crippen LogP contribution >= 0.6 is 0 Å². The topological polar surface area (TPSA) is 54.4 Å². The van der Waals surface area contributed by atoms with Gasteiger partial charge in [0.05, 0.1) is 11.9 Å². The van der Waals surface area contributed by atoms with Gasteiger partial charge in [0.1, 0.15) is 10.7 Å². The lowest BCUT2D eigenvalue weighted by atomic mass is 9.89. The van der Waals surface area contributed by atoms with Gasteiger partial charge in [-0.05, 0) is 31.6 Å². The first-order chi connectivity index (χ1) is 5.18. The van der Waals surface area contributed by atoms with E-state index in [1.165, 1.54) is 0 Å². The Balaban J connectivity index is 2.28. The molecule has 0 aliphatic heterocycles. The molecule has 0 aromatic heterocycles. The summed E-state index contributed by atoms with van der Waals surface area (Å²) in [4.78, 5) is 0. The highest BCUT2D eigenvalue weighted by atomic mass is 32.2. The Hall–Kier alpha value is -0.0900. The molecule has 0 aromatic rings. The summed E-state index contributed by atoms with van der Waals surface area (Å²) in [5, 5.41) is 9.11. The van der Waals surface area contributed by atoms with E-state index in [1.807, 2.05) is 0 Å². The molecule has 4 heteroatoms. The molecule has 1 aliphatic rings. The van der Waals surface area contributed by atoms with Crippen LogP contribution in [-0.4, -0.2) is 25.4 Å². The second kappa shape index (κ2) is 4.07. The molecule has 66 valence electrons. The zero-order valence-corrected chi connectivity index (χ0v) is 7.30. The standard InChI is InChI=1S/C7H14O3S/c8-7-3-1-6(2-4-7)5-11(9)10/h6-8,11H,1-5H2. The first kappa shape index (κ1) is 9.00. The minimum absolute atomic E-state index is 0.184. The lowest BCUT2D eigenvalue weighted by molar-refractivity contribution is 0.113. The van der Waals surface area contributed by atoms with Crippen LogP contribution in [0.1, 0.15) is 25.7 Å². The molecule has 1 rings (SSSR count). The molecule has 0 spiro atoms. The molecule has 0 atom stereocenters. The molecule has 0 bridgehead atoms. The molecule has 0 aromatic carbocycles. The van der Waals surface area contributed by atoms with E-state index in [0.717, 1.165) is 25.7 Å². The Morgan fingerprint density at radius 2 is 1.73 bits per heavy atom. The van der Waals surface area contributed by atoms with Gasteiger partial charge in [0.25, 0.3) is 0 Å². The van der Waals surface area contributed by atoms with Gasteiger partial charge in [-0.25, -0.2) is 8.42 Å². The monoisotopic (exact) mass is 178 g/mol. The lowest BCUT2D eigenvalue weighted by Crippen LogP contribution is -2.20. The minimum atomic E-state index is -2.22. The Labute approximate surface area is 68.4 Å². The summed E-state index contributed by atoms with van der Waals surface area (Å²) in [7, 11) is -2.22. The van der Waals surface area contributed by atoms with Crippen LogP contribution in [0.2, 0.25) is 0 Å². The SMILES string of the molecule is O=[SH](=O)CC1CCC(O)CC1. The first-order valence-corrected chi connectivity index (χ1v) is 5.34. The van der Waals surface area contributed by atoms with Crippen LogP contribution in [0.3, 0.4) is 0 Å². The Kier molecular flexibility index (Phi) is 3.33. The molecule has 0 amide bonds. The fourth-order valence-corrected chi connectivity index (χ4v) is 2.33. The Morgan fingerprint density at radius 3 is 2.18 bits per heavy atom. The van der Waals surface area contributed by atoms with E-state index in [4.69, 9.17) is 5.11 Å². The molecule has 0 heterocycles. The highest BCUT2D eigenvalue weighted by molar-refractivity contribution is 7.72. The third kappa shape index (κ3) is 3.20. The van der Waals surface area contributed by atoms with E-state index in [9.17, 15) is 8.42 Å². The smallest absolute Gasteiger partial charge is 0.140 e. The molecule has 1 saturated carbocycles. The largest absolute Gasteiger partial charge is 0.393 e. The second-order valence-electron chi connectivity index (χ2n) is 3.19. The van der Waals surface area contributed by atoms with Crippen molar-refractivity contribution >= 4 is 10.7 Å². The van der Waals surface area contributed by atoms with Crippen LogP contribution in [0.5, 0.6) is 0 Å². The van der Waals surface area contributed by atoms with Crippen LogP contribution in [0.4, 0.5) is 0 Å². The number of hydrogen-bond donors (Lipinski definition) is 2. The van der Waals surface area contributed by atoms with Crippen LogP contribution in [-0.2, 0) is 10.7 Å². The van der Waals surface area contributed by atoms with Gasteiger partial charge in [-0.15, -0.1) is 0 Å². The lowest BCUT2D eigenvalue weighted by Gasteiger charge is -2.23. The third-order valence-corrected chi connectivity index (χ3v) is 3.04. The van der Waals surface area contributed by atoms with Crippen LogP contribution in [0.25, 0.3) is 0 Å². The van der Waals surface area contributed by atoms with E-state index in [-0.39, 0.29) is 6.10 Å². The van der Waals surface area contributed by atoms with Crippen molar-refractivity contribution in [3.05, 3.63) is 0 Å². The van der Waals surface area contributed by atoms with Gasteiger partial charge in [0, 0.05) is 0 Å². The minimum Gasteiger partial charge on any atom is -0.393 e. The van der Waals surface area contributed by atoms with Crippen molar-refractivity contribution in [2.75, 3.05) is 5.75 Å². The number of rotatable bonds is 2. The van der Waals surface area contributed by atoms with E-state index in [1.54, 1.807) is 0 Å². The summed E-state index contributed by atoms with van der Waals surface area (Å²) < 4.78 is 20.6. The summed E-state index contributed by atoms with van der Waals surface area (Å²) in [6.07, 6.45) is 3.09. The van der Waals surface area contributed by atoms with Gasteiger partial charge in [-0.1, -0.05) is 0 Å². The fourth-order valence-electron chi connectivity index (χ4n) is 1.54. The maximum absolute atomic E-state index is 10.3. The predicted molar refractivity (Wildman–Crippen MR) is 43.1 cm³/mol. The van der Waals surface area contributed by atoms with Crippen molar-refractivity contribution < 1.29 is 13.5 Å². The highest BCUT2D eigenvalue weighted by Crippen LogP contribution is 2.23. The molecular weight excluding hydrogens is 164 g/mol. The summed E-state index contributed by atoms with van der Waals surface area (Å²) in [6.45, 7) is 0. The summed E-state index contributed by atoms with van der Waals surface area (Å²) >= 11 is 0. The Morgan fingerprint density at radius 1 is 1.18 bits per heavy atom. The molecule has 1 N–H and O–H groups in total. The maximum atomic E-state index is 10.3. The zero-order chi connectivity index (χ0) is 8.27. The summed E-state index contributed by atoms with van der Waals surface area (Å²) in [5.74, 6) is 0.613. The normalized spacial score (nSPS) is 32.5. The molecule has 0 radical (unpaired) electrons. The van der Waals surface area contributed by atoms with Gasteiger partial charge < -0.3 is 5.11 Å². The summed E-state index contributed by atoms with van der Waals surface area (Å²) in [5.41, 5.74) is 0. The molecule has 0 unspecified atom stereocenters. The Bertz CT molecular complexity index is 172. The molecule has 1 fully saturated rings. The van der Waals surface area contributed by atoms with Crippen molar-refractivity contribution in [2.45, 2.75) is 31.8 Å². The summed E-state index contributed by atoms with van der Waals surface area (Å²) in [6, 6.07) is 0. The molecular formula is C7H14O3S. The zero-order valence-electron chi connectivity index (χ0n) is 6.40. The van der Waals surface area contributed by atoms with Crippen molar-refractivity contribution in [3.63, 3.8) is 0 Å². The van der Waals surface area contributed by atoms with Gasteiger partial charge in [-0.3, -0.25) is 0 Å². The second-order valence-corrected chi connectivity index (χ2v) is 4.22. The van der Waals surface area contributed by atoms with Gasteiger partial charge >= 0.3 is 0 Å².